The Morgan fingerprint density at radius 3 is 2.50 bits per heavy atom. The lowest BCUT2D eigenvalue weighted by atomic mass is 9.44. The highest BCUT2D eigenvalue weighted by molar-refractivity contribution is 5.82. The molecule has 0 aromatic carbocycles. The Kier molecular flexibility index (Phi) is 3.32. The van der Waals surface area contributed by atoms with E-state index in [0.29, 0.717) is 11.7 Å². The SMILES string of the molecule is CC1CC2CC[C@@H]3[C@@H](CC[C@]4(C)C(O)CC[C@@H]34)[C@@]2(C)CC1=O. The zero-order chi connectivity index (χ0) is 15.7. The number of ketones is 1. The second kappa shape index (κ2) is 4.82. The van der Waals surface area contributed by atoms with Gasteiger partial charge in [0.1, 0.15) is 5.78 Å². The molecule has 0 spiro atoms. The van der Waals surface area contributed by atoms with Crippen molar-refractivity contribution in [1.29, 1.82) is 0 Å². The van der Waals surface area contributed by atoms with E-state index < -0.39 is 0 Å². The number of hydrogen-bond donors (Lipinski definition) is 1. The van der Waals surface area contributed by atoms with Crippen molar-refractivity contribution < 1.29 is 9.90 Å². The summed E-state index contributed by atoms with van der Waals surface area (Å²) in [6.45, 7) is 6.92. The van der Waals surface area contributed by atoms with Gasteiger partial charge in [0.25, 0.3) is 0 Å². The Morgan fingerprint density at radius 2 is 1.73 bits per heavy atom. The summed E-state index contributed by atoms with van der Waals surface area (Å²) in [7, 11) is 0. The molecule has 124 valence electrons. The molecule has 4 aliphatic rings. The van der Waals surface area contributed by atoms with Crippen LogP contribution in [0.1, 0.15) is 72.1 Å². The van der Waals surface area contributed by atoms with Crippen molar-refractivity contribution in [2.45, 2.75) is 78.2 Å². The van der Waals surface area contributed by atoms with Crippen LogP contribution in [0.15, 0.2) is 0 Å². The minimum atomic E-state index is -0.0861. The minimum Gasteiger partial charge on any atom is -0.393 e. The molecule has 0 radical (unpaired) electrons. The number of Topliss-reactive ketones (excluding diaryl/α,β-unsaturated/α-hetero) is 1. The average Bonchev–Trinajstić information content (AvgIpc) is 2.77. The van der Waals surface area contributed by atoms with Gasteiger partial charge in [-0.1, -0.05) is 20.8 Å². The lowest BCUT2D eigenvalue weighted by molar-refractivity contribution is -0.149. The first kappa shape index (κ1) is 15.2. The molecule has 0 aromatic heterocycles. The molecular weight excluding hydrogens is 272 g/mol. The van der Waals surface area contributed by atoms with Crippen molar-refractivity contribution in [2.75, 3.05) is 0 Å². The smallest absolute Gasteiger partial charge is 0.136 e. The van der Waals surface area contributed by atoms with Gasteiger partial charge in [-0.25, -0.2) is 0 Å². The Morgan fingerprint density at radius 1 is 1.00 bits per heavy atom. The zero-order valence-electron chi connectivity index (χ0n) is 14.5. The molecule has 0 aliphatic heterocycles. The molecule has 0 bridgehead atoms. The molecule has 0 heterocycles. The average molecular weight is 304 g/mol. The van der Waals surface area contributed by atoms with Gasteiger partial charge in [0.05, 0.1) is 6.10 Å². The molecule has 1 N–H and O–H groups in total. The van der Waals surface area contributed by atoms with Crippen LogP contribution in [0.25, 0.3) is 0 Å². The van der Waals surface area contributed by atoms with Crippen molar-refractivity contribution in [3.05, 3.63) is 0 Å². The van der Waals surface area contributed by atoms with Gasteiger partial charge in [0.2, 0.25) is 0 Å². The summed E-state index contributed by atoms with van der Waals surface area (Å²) < 4.78 is 0. The maximum atomic E-state index is 12.4. The van der Waals surface area contributed by atoms with E-state index in [1.165, 1.54) is 32.1 Å². The Bertz CT molecular complexity index is 486. The zero-order valence-corrected chi connectivity index (χ0v) is 14.5. The van der Waals surface area contributed by atoms with E-state index in [0.717, 1.165) is 37.0 Å². The van der Waals surface area contributed by atoms with E-state index in [4.69, 9.17) is 0 Å². The van der Waals surface area contributed by atoms with Crippen LogP contribution in [0.2, 0.25) is 0 Å². The van der Waals surface area contributed by atoms with Crippen molar-refractivity contribution in [2.24, 2.45) is 40.4 Å². The van der Waals surface area contributed by atoms with E-state index in [1.807, 2.05) is 0 Å². The molecule has 3 unspecified atom stereocenters. The number of carbonyl (C=O) groups is 1. The maximum absolute atomic E-state index is 12.4. The van der Waals surface area contributed by atoms with E-state index in [-0.39, 0.29) is 22.9 Å². The number of carbonyl (C=O) groups excluding carboxylic acids is 1. The molecule has 0 amide bonds. The summed E-state index contributed by atoms with van der Waals surface area (Å²) in [5.41, 5.74) is 0.414. The number of aliphatic hydroxyl groups excluding tert-OH is 1. The van der Waals surface area contributed by atoms with Gasteiger partial charge in [-0.05, 0) is 79.4 Å². The summed E-state index contributed by atoms with van der Waals surface area (Å²) in [6.07, 6.45) is 9.16. The van der Waals surface area contributed by atoms with Gasteiger partial charge in [-0.3, -0.25) is 4.79 Å². The van der Waals surface area contributed by atoms with Crippen molar-refractivity contribution in [3.8, 4) is 0 Å². The standard InChI is InChI=1S/C20H32O2/c1-12-10-13-4-5-14-15-6-7-18(22)19(15,2)9-8-16(14)20(13,3)11-17(12)21/h12-16,18,22H,4-11H2,1-3H3/t12?,13?,14-,15-,16+,18?,19-,20-/m0/s1. The summed E-state index contributed by atoms with van der Waals surface area (Å²) in [5.74, 6) is 3.76. The van der Waals surface area contributed by atoms with E-state index >= 15 is 0 Å². The third-order valence-electron chi connectivity index (χ3n) is 8.76. The first-order valence-electron chi connectivity index (χ1n) is 9.57. The van der Waals surface area contributed by atoms with Crippen LogP contribution in [0.4, 0.5) is 0 Å². The van der Waals surface area contributed by atoms with Gasteiger partial charge in [0, 0.05) is 12.3 Å². The van der Waals surface area contributed by atoms with Crippen LogP contribution in [-0.2, 0) is 4.79 Å². The lowest BCUT2D eigenvalue weighted by Crippen LogP contribution is -2.55. The summed E-state index contributed by atoms with van der Waals surface area (Å²) in [6, 6.07) is 0. The Hall–Kier alpha value is -0.370. The second-order valence-electron chi connectivity index (χ2n) is 9.57. The van der Waals surface area contributed by atoms with Gasteiger partial charge in [-0.15, -0.1) is 0 Å². The molecule has 0 aromatic rings. The van der Waals surface area contributed by atoms with E-state index in [2.05, 4.69) is 20.8 Å². The van der Waals surface area contributed by atoms with Crippen molar-refractivity contribution >= 4 is 5.78 Å². The van der Waals surface area contributed by atoms with Crippen LogP contribution >= 0.6 is 0 Å². The largest absolute Gasteiger partial charge is 0.393 e. The fourth-order valence-corrected chi connectivity index (χ4v) is 7.28. The topological polar surface area (TPSA) is 37.3 Å². The van der Waals surface area contributed by atoms with Crippen LogP contribution in [0.5, 0.6) is 0 Å². The Labute approximate surface area is 135 Å². The fraction of sp³-hybridized carbons (Fsp3) is 0.950. The molecule has 4 aliphatic carbocycles. The first-order valence-corrected chi connectivity index (χ1v) is 9.57. The summed E-state index contributed by atoms with van der Waals surface area (Å²) in [4.78, 5) is 12.4. The van der Waals surface area contributed by atoms with Crippen LogP contribution in [-0.4, -0.2) is 17.0 Å². The first-order chi connectivity index (χ1) is 10.4. The molecule has 2 heteroatoms. The minimum absolute atomic E-state index is 0.0861. The van der Waals surface area contributed by atoms with Gasteiger partial charge >= 0.3 is 0 Å². The third-order valence-corrected chi connectivity index (χ3v) is 8.76. The highest BCUT2D eigenvalue weighted by Crippen LogP contribution is 2.66. The highest BCUT2D eigenvalue weighted by Gasteiger charge is 2.60. The molecule has 0 saturated heterocycles. The molecule has 4 fully saturated rings. The van der Waals surface area contributed by atoms with Gasteiger partial charge < -0.3 is 5.11 Å². The predicted octanol–water partition coefficient (Wildman–Crippen LogP) is 4.21. The monoisotopic (exact) mass is 304 g/mol. The highest BCUT2D eigenvalue weighted by atomic mass is 16.3. The molecule has 4 rings (SSSR count). The Balaban J connectivity index is 1.65. The van der Waals surface area contributed by atoms with Crippen LogP contribution in [0.3, 0.4) is 0 Å². The maximum Gasteiger partial charge on any atom is 0.136 e. The lowest BCUT2D eigenvalue weighted by Gasteiger charge is -2.60. The molecule has 2 nitrogen and oxygen atoms in total. The number of fused-ring (bicyclic) bond motifs is 5. The molecular formula is C20H32O2. The quantitative estimate of drug-likeness (QED) is 0.728. The van der Waals surface area contributed by atoms with Gasteiger partial charge in [-0.2, -0.15) is 0 Å². The van der Waals surface area contributed by atoms with Crippen LogP contribution in [0, 0.1) is 40.4 Å². The van der Waals surface area contributed by atoms with Crippen molar-refractivity contribution in [1.82, 2.24) is 0 Å². The normalized spacial score (nSPS) is 57.9. The number of hydrogen-bond acceptors (Lipinski definition) is 2. The molecule has 22 heavy (non-hydrogen) atoms. The predicted molar refractivity (Wildman–Crippen MR) is 87.3 cm³/mol. The third kappa shape index (κ3) is 1.85. The number of rotatable bonds is 0. The molecule has 4 saturated carbocycles. The van der Waals surface area contributed by atoms with Crippen molar-refractivity contribution in [3.63, 3.8) is 0 Å². The van der Waals surface area contributed by atoms with Crippen LogP contribution < -0.4 is 0 Å². The summed E-state index contributed by atoms with van der Waals surface area (Å²) >= 11 is 0. The second-order valence-corrected chi connectivity index (χ2v) is 9.57. The van der Waals surface area contributed by atoms with E-state index in [1.54, 1.807) is 0 Å². The molecule has 8 atom stereocenters. The summed E-state index contributed by atoms with van der Waals surface area (Å²) in [5, 5.41) is 10.5. The fourth-order valence-electron chi connectivity index (χ4n) is 7.28. The number of aliphatic hydroxyl groups is 1. The van der Waals surface area contributed by atoms with E-state index in [9.17, 15) is 9.90 Å². The van der Waals surface area contributed by atoms with Gasteiger partial charge in [0.15, 0.2) is 0 Å².